The van der Waals surface area contributed by atoms with Crippen LogP contribution in [0.1, 0.15) is 10.4 Å². The van der Waals surface area contributed by atoms with Crippen molar-refractivity contribution in [1.29, 1.82) is 0 Å². The molecule has 0 radical (unpaired) electrons. The molecule has 0 unspecified atom stereocenters. The number of rotatable bonds is 6. The van der Waals surface area contributed by atoms with Gasteiger partial charge in [0.25, 0.3) is 0 Å². The molecule has 0 aliphatic carbocycles. The number of nitrogens with zero attached hydrogens (tertiary/aromatic N) is 2. The van der Waals surface area contributed by atoms with E-state index in [1.165, 1.54) is 33.7 Å². The molecule has 0 aliphatic rings. The van der Waals surface area contributed by atoms with Crippen LogP contribution in [0.25, 0.3) is 10.9 Å². The summed E-state index contributed by atoms with van der Waals surface area (Å²) in [6.07, 6.45) is 1.37. The Balaban J connectivity index is 2.10. The maximum atomic E-state index is 12.1. The highest BCUT2D eigenvalue weighted by Gasteiger charge is 2.18. The number of aromatic nitrogens is 2. The van der Waals surface area contributed by atoms with Crippen molar-refractivity contribution < 1.29 is 28.5 Å². The SMILES string of the molecule is COC(=O)c1cc(OC)ccc1Oc1ncnc2cc(OC)c(OC)cc12. The highest BCUT2D eigenvalue weighted by atomic mass is 16.5. The summed E-state index contributed by atoms with van der Waals surface area (Å²) in [7, 11) is 5.88. The smallest absolute Gasteiger partial charge is 0.341 e. The molecule has 0 saturated heterocycles. The van der Waals surface area contributed by atoms with E-state index in [0.717, 1.165) is 0 Å². The molecule has 1 aromatic heterocycles. The molecule has 27 heavy (non-hydrogen) atoms. The number of ether oxygens (including phenoxy) is 5. The molecule has 2 aromatic carbocycles. The van der Waals surface area contributed by atoms with Crippen molar-refractivity contribution in [3.63, 3.8) is 0 Å². The van der Waals surface area contributed by atoms with Gasteiger partial charge in [0.15, 0.2) is 11.5 Å². The van der Waals surface area contributed by atoms with Crippen molar-refractivity contribution in [3.8, 4) is 28.9 Å². The predicted octanol–water partition coefficient (Wildman–Crippen LogP) is 3.23. The molecular weight excluding hydrogens is 352 g/mol. The molecule has 0 aliphatic heterocycles. The second-order valence-corrected chi connectivity index (χ2v) is 5.36. The summed E-state index contributed by atoms with van der Waals surface area (Å²) in [4.78, 5) is 20.5. The van der Waals surface area contributed by atoms with Crippen LogP contribution in [-0.2, 0) is 4.74 Å². The molecule has 0 spiro atoms. The first-order chi connectivity index (χ1) is 13.1. The van der Waals surface area contributed by atoms with Gasteiger partial charge in [-0.15, -0.1) is 0 Å². The molecular formula is C19H18N2O6. The third kappa shape index (κ3) is 3.55. The second-order valence-electron chi connectivity index (χ2n) is 5.36. The highest BCUT2D eigenvalue weighted by Crippen LogP contribution is 2.37. The van der Waals surface area contributed by atoms with Gasteiger partial charge in [0.05, 0.1) is 39.3 Å². The first kappa shape index (κ1) is 18.2. The third-order valence-corrected chi connectivity index (χ3v) is 3.90. The topological polar surface area (TPSA) is 89.0 Å². The van der Waals surface area contributed by atoms with E-state index < -0.39 is 5.97 Å². The lowest BCUT2D eigenvalue weighted by atomic mass is 10.2. The molecule has 0 amide bonds. The Morgan fingerprint density at radius 3 is 2.26 bits per heavy atom. The highest BCUT2D eigenvalue weighted by molar-refractivity contribution is 5.93. The fourth-order valence-corrected chi connectivity index (χ4v) is 2.54. The molecule has 3 rings (SSSR count). The number of benzene rings is 2. The van der Waals surface area contributed by atoms with E-state index in [2.05, 4.69) is 9.97 Å². The summed E-state index contributed by atoms with van der Waals surface area (Å²) >= 11 is 0. The van der Waals surface area contributed by atoms with Crippen LogP contribution in [0.5, 0.6) is 28.9 Å². The van der Waals surface area contributed by atoms with Gasteiger partial charge in [0, 0.05) is 6.07 Å². The molecule has 8 nitrogen and oxygen atoms in total. The Morgan fingerprint density at radius 2 is 1.59 bits per heavy atom. The molecule has 8 heteroatoms. The van der Waals surface area contributed by atoms with Gasteiger partial charge in [0.1, 0.15) is 23.4 Å². The molecule has 3 aromatic rings. The van der Waals surface area contributed by atoms with Crippen LogP contribution in [0.4, 0.5) is 0 Å². The van der Waals surface area contributed by atoms with Crippen LogP contribution in [0.3, 0.4) is 0 Å². The van der Waals surface area contributed by atoms with Gasteiger partial charge in [-0.25, -0.2) is 14.8 Å². The number of esters is 1. The minimum absolute atomic E-state index is 0.212. The summed E-state index contributed by atoms with van der Waals surface area (Å²) in [5.41, 5.74) is 0.815. The number of methoxy groups -OCH3 is 4. The van der Waals surface area contributed by atoms with Crippen LogP contribution < -0.4 is 18.9 Å². The van der Waals surface area contributed by atoms with E-state index in [4.69, 9.17) is 23.7 Å². The summed E-state index contributed by atoms with van der Waals surface area (Å²) in [6, 6.07) is 8.26. The summed E-state index contributed by atoms with van der Waals surface area (Å²) in [5, 5.41) is 0.599. The lowest BCUT2D eigenvalue weighted by molar-refractivity contribution is 0.0597. The van der Waals surface area contributed by atoms with Gasteiger partial charge in [-0.1, -0.05) is 0 Å². The molecule has 0 bridgehead atoms. The molecule has 0 atom stereocenters. The standard InChI is InChI=1S/C19H18N2O6/c1-23-11-5-6-15(13(7-11)19(22)26-4)27-18-12-8-16(24-2)17(25-3)9-14(12)20-10-21-18/h5-10H,1-4H3. The maximum absolute atomic E-state index is 12.1. The van der Waals surface area contributed by atoms with Crippen LogP contribution in [0.2, 0.25) is 0 Å². The number of fused-ring (bicyclic) bond motifs is 1. The Hall–Kier alpha value is -3.55. The Kier molecular flexibility index (Phi) is 5.25. The van der Waals surface area contributed by atoms with Crippen molar-refractivity contribution in [3.05, 3.63) is 42.2 Å². The monoisotopic (exact) mass is 370 g/mol. The lowest BCUT2D eigenvalue weighted by Crippen LogP contribution is -2.05. The molecule has 140 valence electrons. The number of carbonyl (C=O) groups excluding carboxylic acids is 1. The molecule has 0 fully saturated rings. The van der Waals surface area contributed by atoms with E-state index in [1.54, 1.807) is 31.4 Å². The third-order valence-electron chi connectivity index (χ3n) is 3.90. The Morgan fingerprint density at radius 1 is 0.852 bits per heavy atom. The van der Waals surface area contributed by atoms with Crippen LogP contribution in [0, 0.1) is 0 Å². The van der Waals surface area contributed by atoms with Crippen molar-refractivity contribution in [2.75, 3.05) is 28.4 Å². The zero-order valence-corrected chi connectivity index (χ0v) is 15.3. The zero-order chi connectivity index (χ0) is 19.4. The van der Waals surface area contributed by atoms with Gasteiger partial charge in [0.2, 0.25) is 5.88 Å². The largest absolute Gasteiger partial charge is 0.497 e. The van der Waals surface area contributed by atoms with Crippen molar-refractivity contribution >= 4 is 16.9 Å². The summed E-state index contributed by atoms with van der Waals surface area (Å²) in [5.74, 6) is 1.53. The first-order valence-corrected chi connectivity index (χ1v) is 7.92. The minimum Gasteiger partial charge on any atom is -0.497 e. The quantitative estimate of drug-likeness (QED) is 0.611. The Labute approximate surface area is 155 Å². The lowest BCUT2D eigenvalue weighted by Gasteiger charge is -2.13. The predicted molar refractivity (Wildman–Crippen MR) is 97.0 cm³/mol. The van der Waals surface area contributed by atoms with Crippen molar-refractivity contribution in [1.82, 2.24) is 9.97 Å². The van der Waals surface area contributed by atoms with Gasteiger partial charge >= 0.3 is 5.97 Å². The van der Waals surface area contributed by atoms with E-state index in [-0.39, 0.29) is 17.2 Å². The van der Waals surface area contributed by atoms with Gasteiger partial charge in [-0.3, -0.25) is 0 Å². The molecule has 0 N–H and O–H groups in total. The molecule has 1 heterocycles. The summed E-state index contributed by atoms with van der Waals surface area (Å²) in [6.45, 7) is 0. The van der Waals surface area contributed by atoms with Crippen LogP contribution >= 0.6 is 0 Å². The zero-order valence-electron chi connectivity index (χ0n) is 15.3. The van der Waals surface area contributed by atoms with Gasteiger partial charge < -0.3 is 23.7 Å². The van der Waals surface area contributed by atoms with Crippen molar-refractivity contribution in [2.45, 2.75) is 0 Å². The summed E-state index contributed by atoms with van der Waals surface area (Å²) < 4.78 is 26.5. The fourth-order valence-electron chi connectivity index (χ4n) is 2.54. The average molecular weight is 370 g/mol. The minimum atomic E-state index is -0.554. The van der Waals surface area contributed by atoms with E-state index in [0.29, 0.717) is 28.2 Å². The van der Waals surface area contributed by atoms with Crippen LogP contribution in [-0.4, -0.2) is 44.4 Å². The maximum Gasteiger partial charge on any atom is 0.341 e. The number of carbonyl (C=O) groups is 1. The second kappa shape index (κ2) is 7.77. The fraction of sp³-hybridized carbons (Fsp3) is 0.211. The number of hydrogen-bond donors (Lipinski definition) is 0. The molecule has 0 saturated carbocycles. The normalized spacial score (nSPS) is 10.4. The van der Waals surface area contributed by atoms with Crippen molar-refractivity contribution in [2.24, 2.45) is 0 Å². The van der Waals surface area contributed by atoms with E-state index in [9.17, 15) is 4.79 Å². The number of hydrogen-bond acceptors (Lipinski definition) is 8. The Bertz CT molecular complexity index is 989. The first-order valence-electron chi connectivity index (χ1n) is 7.92. The van der Waals surface area contributed by atoms with E-state index >= 15 is 0 Å². The van der Waals surface area contributed by atoms with Gasteiger partial charge in [-0.2, -0.15) is 0 Å². The van der Waals surface area contributed by atoms with Crippen LogP contribution in [0.15, 0.2) is 36.7 Å². The van der Waals surface area contributed by atoms with E-state index in [1.807, 2.05) is 0 Å². The van der Waals surface area contributed by atoms with Gasteiger partial charge in [-0.05, 0) is 24.3 Å². The average Bonchev–Trinajstić information content (AvgIpc) is 2.72.